The molecule has 24 heavy (non-hydrogen) atoms. The molecular weight excluding hydrogens is 330 g/mol. The van der Waals surface area contributed by atoms with Crippen molar-refractivity contribution in [2.45, 2.75) is 13.8 Å². The third-order valence-electron chi connectivity index (χ3n) is 3.18. The zero-order chi connectivity index (χ0) is 17.1. The fourth-order valence-corrected chi connectivity index (χ4v) is 2.33. The zero-order valence-electron chi connectivity index (χ0n) is 13.0. The Balaban J connectivity index is 1.71. The Morgan fingerprint density at radius 3 is 2.50 bits per heavy atom. The summed E-state index contributed by atoms with van der Waals surface area (Å²) in [7, 11) is 0. The molecule has 3 aromatic heterocycles. The molecular formula is C15H14ClN7O. The summed E-state index contributed by atoms with van der Waals surface area (Å²) in [6.45, 7) is 3.79. The van der Waals surface area contributed by atoms with Crippen LogP contribution in [0.2, 0.25) is 5.02 Å². The fraction of sp³-hybridized carbons (Fsp3) is 0.133. The molecule has 2 N–H and O–H groups in total. The normalized spacial score (nSPS) is 10.5. The first kappa shape index (κ1) is 15.9. The number of halogens is 1. The largest absolute Gasteiger partial charge is 0.323 e. The molecule has 0 atom stereocenters. The van der Waals surface area contributed by atoms with Gasteiger partial charge in [-0.05, 0) is 31.5 Å². The number of pyridine rings is 2. The minimum Gasteiger partial charge on any atom is -0.306 e. The first-order chi connectivity index (χ1) is 11.5. The van der Waals surface area contributed by atoms with Gasteiger partial charge in [0, 0.05) is 5.69 Å². The lowest BCUT2D eigenvalue weighted by Crippen LogP contribution is -2.20. The average Bonchev–Trinajstić information content (AvgIpc) is 3.04. The van der Waals surface area contributed by atoms with E-state index in [4.69, 9.17) is 11.6 Å². The van der Waals surface area contributed by atoms with Crippen LogP contribution in [0.15, 0.2) is 36.9 Å². The maximum atomic E-state index is 12.1. The van der Waals surface area contributed by atoms with Gasteiger partial charge in [0.15, 0.2) is 5.82 Å². The molecule has 0 saturated carbocycles. The van der Waals surface area contributed by atoms with Crippen molar-refractivity contribution in [2.24, 2.45) is 0 Å². The molecule has 0 aromatic carbocycles. The van der Waals surface area contributed by atoms with E-state index in [9.17, 15) is 4.79 Å². The number of aryl methyl sites for hydroxylation is 2. The number of urea groups is 1. The lowest BCUT2D eigenvalue weighted by Gasteiger charge is -2.10. The maximum absolute atomic E-state index is 12.1. The van der Waals surface area contributed by atoms with Crippen molar-refractivity contribution in [1.82, 2.24) is 25.0 Å². The summed E-state index contributed by atoms with van der Waals surface area (Å²) in [5.74, 6) is 0.381. The fourth-order valence-electron chi connectivity index (χ4n) is 2.08. The average molecular weight is 344 g/mol. The summed E-state index contributed by atoms with van der Waals surface area (Å²) < 4.78 is 0. The highest BCUT2D eigenvalue weighted by Crippen LogP contribution is 2.21. The number of hydrogen-bond donors (Lipinski definition) is 2. The quantitative estimate of drug-likeness (QED) is 0.761. The van der Waals surface area contributed by atoms with Crippen LogP contribution in [0.3, 0.4) is 0 Å². The van der Waals surface area contributed by atoms with Crippen molar-refractivity contribution in [3.05, 3.63) is 53.2 Å². The number of nitrogens with zero attached hydrogens (tertiary/aromatic N) is 5. The first-order valence-electron chi connectivity index (χ1n) is 7.06. The van der Waals surface area contributed by atoms with E-state index in [1.54, 1.807) is 12.3 Å². The number of carbonyl (C=O) groups excluding carboxylic acids is 1. The molecule has 0 saturated heterocycles. The van der Waals surface area contributed by atoms with E-state index in [-0.39, 0.29) is 0 Å². The van der Waals surface area contributed by atoms with E-state index in [1.807, 2.05) is 19.9 Å². The van der Waals surface area contributed by atoms with Gasteiger partial charge in [-0.25, -0.2) is 9.78 Å². The summed E-state index contributed by atoms with van der Waals surface area (Å²) in [6.07, 6.45) is 6.14. The molecule has 3 heterocycles. The molecule has 0 aliphatic heterocycles. The SMILES string of the molecule is Cc1cc(C)c(NC(=O)Nc2cnc(-n3nccn3)c(Cl)c2)cn1. The van der Waals surface area contributed by atoms with Gasteiger partial charge in [0.2, 0.25) is 0 Å². The van der Waals surface area contributed by atoms with Crippen molar-refractivity contribution >= 4 is 29.0 Å². The first-order valence-corrected chi connectivity index (χ1v) is 7.44. The number of hydrogen-bond acceptors (Lipinski definition) is 5. The number of nitrogens with one attached hydrogen (secondary N) is 2. The van der Waals surface area contributed by atoms with Gasteiger partial charge in [0.05, 0.1) is 41.2 Å². The maximum Gasteiger partial charge on any atom is 0.323 e. The number of anilines is 2. The topological polar surface area (TPSA) is 97.6 Å². The second-order valence-electron chi connectivity index (χ2n) is 5.07. The molecule has 0 unspecified atom stereocenters. The minimum atomic E-state index is -0.411. The Morgan fingerprint density at radius 1 is 1.08 bits per heavy atom. The van der Waals surface area contributed by atoms with Gasteiger partial charge in [-0.2, -0.15) is 10.2 Å². The van der Waals surface area contributed by atoms with Gasteiger partial charge < -0.3 is 10.6 Å². The van der Waals surface area contributed by atoms with Crippen molar-refractivity contribution < 1.29 is 4.79 Å². The Hall–Kier alpha value is -3.00. The predicted molar refractivity (Wildman–Crippen MR) is 90.5 cm³/mol. The van der Waals surface area contributed by atoms with Gasteiger partial charge in [-0.3, -0.25) is 4.98 Å². The van der Waals surface area contributed by atoms with Crippen molar-refractivity contribution in [3.63, 3.8) is 0 Å². The molecule has 0 radical (unpaired) electrons. The molecule has 8 nitrogen and oxygen atoms in total. The minimum absolute atomic E-state index is 0.317. The molecule has 0 fully saturated rings. The molecule has 122 valence electrons. The Morgan fingerprint density at radius 2 is 1.83 bits per heavy atom. The molecule has 0 bridgehead atoms. The van der Waals surface area contributed by atoms with Crippen molar-refractivity contribution in [1.29, 1.82) is 0 Å². The molecule has 2 amide bonds. The Kier molecular flexibility index (Phi) is 4.39. The van der Waals surface area contributed by atoms with Crippen LogP contribution >= 0.6 is 11.6 Å². The number of amides is 2. The Bertz CT molecular complexity index is 880. The molecule has 3 aromatic rings. The molecule has 0 spiro atoms. The van der Waals surface area contributed by atoms with Crippen LogP contribution < -0.4 is 10.6 Å². The third-order valence-corrected chi connectivity index (χ3v) is 3.46. The van der Waals surface area contributed by atoms with E-state index in [1.165, 1.54) is 23.4 Å². The lowest BCUT2D eigenvalue weighted by atomic mass is 10.2. The van der Waals surface area contributed by atoms with E-state index < -0.39 is 6.03 Å². The summed E-state index contributed by atoms with van der Waals surface area (Å²) in [5, 5.41) is 13.6. The van der Waals surface area contributed by atoms with Crippen molar-refractivity contribution in [2.75, 3.05) is 10.6 Å². The second kappa shape index (κ2) is 6.63. The van der Waals surface area contributed by atoms with Gasteiger partial charge in [-0.15, -0.1) is 4.80 Å². The van der Waals surface area contributed by atoms with Crippen LogP contribution in [0, 0.1) is 13.8 Å². The molecule has 0 aliphatic carbocycles. The van der Waals surface area contributed by atoms with E-state index in [2.05, 4.69) is 30.8 Å². The predicted octanol–water partition coefficient (Wildman–Crippen LogP) is 2.97. The standard InChI is InChI=1S/C15H14ClN7O/c1-9-5-10(2)17-8-13(9)22-15(24)21-11-6-12(16)14(18-7-11)23-19-3-4-20-23/h3-8H,1-2H3,(H2,21,22,24). The van der Waals surface area contributed by atoms with Crippen LogP contribution in [0.4, 0.5) is 16.2 Å². The van der Waals surface area contributed by atoms with Crippen molar-refractivity contribution in [3.8, 4) is 5.82 Å². The Labute approximate surface area is 142 Å². The van der Waals surface area contributed by atoms with Gasteiger partial charge >= 0.3 is 6.03 Å². The van der Waals surface area contributed by atoms with E-state index in [0.717, 1.165) is 11.3 Å². The van der Waals surface area contributed by atoms with E-state index >= 15 is 0 Å². The van der Waals surface area contributed by atoms with Crippen LogP contribution in [0.1, 0.15) is 11.3 Å². The number of rotatable bonds is 3. The highest BCUT2D eigenvalue weighted by Gasteiger charge is 2.10. The van der Waals surface area contributed by atoms with Gasteiger partial charge in [0.25, 0.3) is 0 Å². The summed E-state index contributed by atoms with van der Waals surface area (Å²) in [4.78, 5) is 21.7. The molecule has 3 rings (SSSR count). The zero-order valence-corrected chi connectivity index (χ0v) is 13.7. The third kappa shape index (κ3) is 3.49. The summed E-state index contributed by atoms with van der Waals surface area (Å²) in [5.41, 5.74) is 2.90. The number of carbonyl (C=O) groups is 1. The monoisotopic (exact) mass is 343 g/mol. The number of aromatic nitrogens is 5. The summed E-state index contributed by atoms with van der Waals surface area (Å²) >= 11 is 6.16. The van der Waals surface area contributed by atoms with Gasteiger partial charge in [0.1, 0.15) is 0 Å². The summed E-state index contributed by atoms with van der Waals surface area (Å²) in [6, 6.07) is 3.05. The van der Waals surface area contributed by atoms with E-state index in [0.29, 0.717) is 22.2 Å². The lowest BCUT2D eigenvalue weighted by molar-refractivity contribution is 0.262. The molecule has 9 heteroatoms. The second-order valence-corrected chi connectivity index (χ2v) is 5.47. The highest BCUT2D eigenvalue weighted by molar-refractivity contribution is 6.32. The van der Waals surface area contributed by atoms with Crippen LogP contribution in [0.25, 0.3) is 5.82 Å². The van der Waals surface area contributed by atoms with Gasteiger partial charge in [-0.1, -0.05) is 11.6 Å². The smallest absolute Gasteiger partial charge is 0.306 e. The van der Waals surface area contributed by atoms with Crippen LogP contribution in [-0.2, 0) is 0 Å². The van der Waals surface area contributed by atoms with Crippen LogP contribution in [0.5, 0.6) is 0 Å². The van der Waals surface area contributed by atoms with Crippen LogP contribution in [-0.4, -0.2) is 31.0 Å². The highest BCUT2D eigenvalue weighted by atomic mass is 35.5. The molecule has 0 aliphatic rings.